The number of piperidine rings is 1. The highest BCUT2D eigenvalue weighted by Gasteiger charge is 2.25. The van der Waals surface area contributed by atoms with E-state index in [1.165, 1.54) is 0 Å². The summed E-state index contributed by atoms with van der Waals surface area (Å²) in [6.07, 6.45) is 1.72. The Kier molecular flexibility index (Phi) is 5.36. The molecule has 5 nitrogen and oxygen atoms in total. The lowest BCUT2D eigenvalue weighted by molar-refractivity contribution is -0.125. The van der Waals surface area contributed by atoms with E-state index in [0.29, 0.717) is 6.54 Å². The number of aryl methyl sites for hydroxylation is 1. The Bertz CT molecular complexity index is 548. The van der Waals surface area contributed by atoms with E-state index in [-0.39, 0.29) is 24.3 Å². The van der Waals surface area contributed by atoms with E-state index in [1.54, 1.807) is 0 Å². The smallest absolute Gasteiger partial charge is 0.238 e. The lowest BCUT2D eigenvalue weighted by atomic mass is 9.97. The molecule has 1 aromatic rings. The Balaban J connectivity index is 1.89. The number of amides is 2. The van der Waals surface area contributed by atoms with Crippen molar-refractivity contribution in [1.29, 1.82) is 0 Å². The van der Waals surface area contributed by atoms with Gasteiger partial charge in [-0.1, -0.05) is 22.0 Å². The first-order valence-electron chi connectivity index (χ1n) is 7.03. The Labute approximate surface area is 133 Å². The minimum Gasteiger partial charge on any atom is -0.369 e. The fourth-order valence-corrected chi connectivity index (χ4v) is 2.88. The molecule has 114 valence electrons. The van der Waals surface area contributed by atoms with Gasteiger partial charge in [-0.2, -0.15) is 0 Å². The van der Waals surface area contributed by atoms with Gasteiger partial charge in [0.05, 0.1) is 12.5 Å². The maximum atomic E-state index is 12.1. The van der Waals surface area contributed by atoms with Gasteiger partial charge in [-0.05, 0) is 44.0 Å². The monoisotopic (exact) mass is 353 g/mol. The number of nitrogens with two attached hydrogens (primary N) is 1. The van der Waals surface area contributed by atoms with Crippen molar-refractivity contribution >= 4 is 33.4 Å². The van der Waals surface area contributed by atoms with Crippen LogP contribution in [0.25, 0.3) is 0 Å². The van der Waals surface area contributed by atoms with Crippen LogP contribution in [0.4, 0.5) is 5.69 Å². The highest BCUT2D eigenvalue weighted by molar-refractivity contribution is 9.10. The minimum absolute atomic E-state index is 0.0733. The topological polar surface area (TPSA) is 75.4 Å². The minimum atomic E-state index is -0.275. The van der Waals surface area contributed by atoms with Crippen molar-refractivity contribution in [1.82, 2.24) is 4.90 Å². The number of benzene rings is 1. The van der Waals surface area contributed by atoms with Gasteiger partial charge in [0, 0.05) is 16.7 Å². The summed E-state index contributed by atoms with van der Waals surface area (Å²) in [6, 6.07) is 5.71. The van der Waals surface area contributed by atoms with E-state index < -0.39 is 0 Å². The van der Waals surface area contributed by atoms with Gasteiger partial charge in [0.15, 0.2) is 0 Å². The van der Waals surface area contributed by atoms with Crippen LogP contribution in [0.1, 0.15) is 18.4 Å². The van der Waals surface area contributed by atoms with Crippen molar-refractivity contribution in [3.8, 4) is 0 Å². The number of primary amides is 1. The van der Waals surface area contributed by atoms with Crippen molar-refractivity contribution in [3.05, 3.63) is 28.2 Å². The predicted octanol–water partition coefficient (Wildman–Crippen LogP) is 1.89. The molecule has 0 aliphatic carbocycles. The molecular weight excluding hydrogens is 334 g/mol. The number of anilines is 1. The van der Waals surface area contributed by atoms with Gasteiger partial charge in [0.2, 0.25) is 11.8 Å². The molecule has 21 heavy (non-hydrogen) atoms. The van der Waals surface area contributed by atoms with E-state index in [9.17, 15) is 9.59 Å². The van der Waals surface area contributed by atoms with Crippen LogP contribution in [0.3, 0.4) is 0 Å². The Morgan fingerprint density at radius 3 is 2.90 bits per heavy atom. The maximum Gasteiger partial charge on any atom is 0.238 e. The number of carbonyl (C=O) groups excluding carboxylic acids is 2. The van der Waals surface area contributed by atoms with Crippen LogP contribution in [-0.4, -0.2) is 36.3 Å². The molecule has 0 unspecified atom stereocenters. The third-order valence-electron chi connectivity index (χ3n) is 3.73. The molecule has 3 N–H and O–H groups in total. The summed E-state index contributed by atoms with van der Waals surface area (Å²) in [6.45, 7) is 3.68. The molecule has 1 heterocycles. The Hall–Kier alpha value is -1.40. The molecule has 1 fully saturated rings. The highest BCUT2D eigenvalue weighted by atomic mass is 79.9. The van der Waals surface area contributed by atoms with Crippen LogP contribution in [0.2, 0.25) is 0 Å². The predicted molar refractivity (Wildman–Crippen MR) is 85.9 cm³/mol. The highest BCUT2D eigenvalue weighted by Crippen LogP contribution is 2.21. The summed E-state index contributed by atoms with van der Waals surface area (Å²) < 4.78 is 0.965. The van der Waals surface area contributed by atoms with Crippen molar-refractivity contribution in [3.63, 3.8) is 0 Å². The molecule has 2 rings (SSSR count). The summed E-state index contributed by atoms with van der Waals surface area (Å²) in [5, 5.41) is 2.87. The van der Waals surface area contributed by atoms with E-state index in [4.69, 9.17) is 5.73 Å². The number of rotatable bonds is 4. The molecule has 1 saturated heterocycles. The summed E-state index contributed by atoms with van der Waals surface area (Å²) >= 11 is 3.45. The van der Waals surface area contributed by atoms with Crippen molar-refractivity contribution in [2.45, 2.75) is 19.8 Å². The van der Waals surface area contributed by atoms with Crippen LogP contribution in [0, 0.1) is 12.8 Å². The normalized spacial score (nSPS) is 19.2. The largest absolute Gasteiger partial charge is 0.369 e. The summed E-state index contributed by atoms with van der Waals surface area (Å²) in [7, 11) is 0. The first-order valence-corrected chi connectivity index (χ1v) is 7.82. The summed E-state index contributed by atoms with van der Waals surface area (Å²) in [5.74, 6) is -0.487. The van der Waals surface area contributed by atoms with Crippen LogP contribution < -0.4 is 11.1 Å². The Morgan fingerprint density at radius 2 is 2.24 bits per heavy atom. The average molecular weight is 354 g/mol. The SMILES string of the molecule is Cc1ccc(NC(=O)CN2CCC[C@@H](C(N)=O)C2)cc1Br. The fourth-order valence-electron chi connectivity index (χ4n) is 2.51. The van der Waals surface area contributed by atoms with Gasteiger partial charge in [0.25, 0.3) is 0 Å². The maximum absolute atomic E-state index is 12.1. The zero-order valence-corrected chi connectivity index (χ0v) is 13.6. The third-order valence-corrected chi connectivity index (χ3v) is 4.59. The lowest BCUT2D eigenvalue weighted by Crippen LogP contribution is -2.44. The second-order valence-corrected chi connectivity index (χ2v) is 6.34. The molecule has 2 amide bonds. The standard InChI is InChI=1S/C15H20BrN3O2/c1-10-4-5-12(7-13(10)16)18-14(20)9-19-6-2-3-11(8-19)15(17)21/h4-5,7,11H,2-3,6,8-9H2,1H3,(H2,17,21)(H,18,20)/t11-/m1/s1. The number of halogens is 1. The second-order valence-electron chi connectivity index (χ2n) is 5.49. The van der Waals surface area contributed by atoms with Crippen LogP contribution in [0.15, 0.2) is 22.7 Å². The van der Waals surface area contributed by atoms with Crippen molar-refractivity contribution in [2.75, 3.05) is 25.0 Å². The molecule has 0 spiro atoms. The molecule has 6 heteroatoms. The molecule has 0 aromatic heterocycles. The number of nitrogens with one attached hydrogen (secondary N) is 1. The molecule has 1 aromatic carbocycles. The van der Waals surface area contributed by atoms with Crippen LogP contribution in [0.5, 0.6) is 0 Å². The summed E-state index contributed by atoms with van der Waals surface area (Å²) in [5.41, 5.74) is 7.23. The third kappa shape index (κ3) is 4.54. The molecule has 1 aliphatic heterocycles. The zero-order valence-electron chi connectivity index (χ0n) is 12.1. The number of likely N-dealkylation sites (tertiary alicyclic amines) is 1. The Morgan fingerprint density at radius 1 is 1.48 bits per heavy atom. The van der Waals surface area contributed by atoms with Crippen molar-refractivity contribution in [2.24, 2.45) is 11.7 Å². The summed E-state index contributed by atoms with van der Waals surface area (Å²) in [4.78, 5) is 25.3. The molecular formula is C15H20BrN3O2. The second kappa shape index (κ2) is 7.04. The van der Waals surface area contributed by atoms with E-state index in [1.807, 2.05) is 30.0 Å². The van der Waals surface area contributed by atoms with E-state index in [2.05, 4.69) is 21.2 Å². The van der Waals surface area contributed by atoms with Gasteiger partial charge >= 0.3 is 0 Å². The van der Waals surface area contributed by atoms with Gasteiger partial charge < -0.3 is 11.1 Å². The van der Waals surface area contributed by atoms with E-state index in [0.717, 1.165) is 35.1 Å². The number of hydrogen-bond donors (Lipinski definition) is 2. The molecule has 0 saturated carbocycles. The van der Waals surface area contributed by atoms with Gasteiger partial charge in [-0.25, -0.2) is 0 Å². The molecule has 1 atom stereocenters. The molecule has 1 aliphatic rings. The number of nitrogens with zero attached hydrogens (tertiary/aromatic N) is 1. The van der Waals surface area contributed by atoms with Crippen molar-refractivity contribution < 1.29 is 9.59 Å². The van der Waals surface area contributed by atoms with Crippen LogP contribution in [-0.2, 0) is 9.59 Å². The number of carbonyl (C=O) groups is 2. The van der Waals surface area contributed by atoms with Gasteiger partial charge in [-0.15, -0.1) is 0 Å². The zero-order chi connectivity index (χ0) is 15.4. The first kappa shape index (κ1) is 16.0. The molecule has 0 radical (unpaired) electrons. The lowest BCUT2D eigenvalue weighted by Gasteiger charge is -2.30. The van der Waals surface area contributed by atoms with Gasteiger partial charge in [0.1, 0.15) is 0 Å². The first-order chi connectivity index (χ1) is 9.95. The van der Waals surface area contributed by atoms with Gasteiger partial charge in [-0.3, -0.25) is 14.5 Å². The fraction of sp³-hybridized carbons (Fsp3) is 0.467. The van der Waals surface area contributed by atoms with E-state index >= 15 is 0 Å². The average Bonchev–Trinajstić information content (AvgIpc) is 2.43. The quantitative estimate of drug-likeness (QED) is 0.867. The number of hydrogen-bond acceptors (Lipinski definition) is 3. The van der Waals surface area contributed by atoms with Crippen LogP contribution >= 0.6 is 15.9 Å². The molecule has 0 bridgehead atoms.